The monoisotopic (exact) mass is 283 g/mol. The quantitative estimate of drug-likeness (QED) is 0.800. The molecule has 0 aliphatic heterocycles. The number of rotatable bonds is 4. The third kappa shape index (κ3) is 2.81. The largest absolute Gasteiger partial charge is 0.444 e. The number of oxazole rings is 1. The number of amides is 1. The highest BCUT2D eigenvalue weighted by atomic mass is 16.4. The van der Waals surface area contributed by atoms with E-state index in [9.17, 15) is 4.79 Å². The van der Waals surface area contributed by atoms with Crippen LogP contribution >= 0.6 is 0 Å². The number of nitrogens with one attached hydrogen (secondary N) is 1. The Labute approximate surface area is 122 Å². The van der Waals surface area contributed by atoms with E-state index < -0.39 is 0 Å². The molecule has 3 aromatic rings. The van der Waals surface area contributed by atoms with Gasteiger partial charge in [-0.1, -0.05) is 18.2 Å². The predicted octanol–water partition coefficient (Wildman–Crippen LogP) is 2.56. The fraction of sp³-hybridized carbons (Fsp3) is 0.250. The van der Waals surface area contributed by atoms with Gasteiger partial charge in [0.05, 0.1) is 12.2 Å². The molecular weight excluding hydrogens is 266 g/mol. The van der Waals surface area contributed by atoms with E-state index in [1.807, 2.05) is 54.9 Å². The molecule has 5 heteroatoms. The van der Waals surface area contributed by atoms with E-state index in [0.29, 0.717) is 12.4 Å². The molecule has 0 radical (unpaired) electrons. The minimum Gasteiger partial charge on any atom is -0.444 e. The van der Waals surface area contributed by atoms with Crippen LogP contribution in [0.1, 0.15) is 17.3 Å². The SMILES string of the molecule is Cc1nc(CNC(=O)Cn2ccc3ccccc32)oc1C. The number of para-hydroxylation sites is 1. The first-order valence-electron chi connectivity index (χ1n) is 6.87. The molecule has 0 aliphatic carbocycles. The van der Waals surface area contributed by atoms with Crippen LogP contribution in [0.25, 0.3) is 10.9 Å². The number of aromatic nitrogens is 2. The lowest BCUT2D eigenvalue weighted by Crippen LogP contribution is -2.26. The Morgan fingerprint density at radius 2 is 2.10 bits per heavy atom. The molecule has 108 valence electrons. The van der Waals surface area contributed by atoms with Crippen LogP contribution in [0.4, 0.5) is 0 Å². The molecule has 5 nitrogen and oxygen atoms in total. The molecule has 3 rings (SSSR count). The maximum atomic E-state index is 12.0. The van der Waals surface area contributed by atoms with Gasteiger partial charge in [0, 0.05) is 11.7 Å². The Bertz CT molecular complexity index is 766. The number of hydrogen-bond donors (Lipinski definition) is 1. The van der Waals surface area contributed by atoms with Crippen molar-refractivity contribution in [2.45, 2.75) is 26.9 Å². The number of nitrogens with zero attached hydrogens (tertiary/aromatic N) is 2. The predicted molar refractivity (Wildman–Crippen MR) is 79.8 cm³/mol. The van der Waals surface area contributed by atoms with Crippen molar-refractivity contribution in [2.24, 2.45) is 0 Å². The molecule has 1 amide bonds. The summed E-state index contributed by atoms with van der Waals surface area (Å²) in [7, 11) is 0. The molecule has 2 aromatic heterocycles. The van der Waals surface area contributed by atoms with E-state index >= 15 is 0 Å². The first-order valence-corrected chi connectivity index (χ1v) is 6.87. The van der Waals surface area contributed by atoms with Crippen LogP contribution in [0.2, 0.25) is 0 Å². The summed E-state index contributed by atoms with van der Waals surface area (Å²) >= 11 is 0. The second kappa shape index (κ2) is 5.44. The molecular formula is C16H17N3O2. The van der Waals surface area contributed by atoms with Crippen molar-refractivity contribution in [3.05, 3.63) is 53.9 Å². The van der Waals surface area contributed by atoms with Gasteiger partial charge in [-0.25, -0.2) is 4.98 Å². The second-order valence-electron chi connectivity index (χ2n) is 5.03. The van der Waals surface area contributed by atoms with Crippen LogP contribution in [-0.4, -0.2) is 15.5 Å². The summed E-state index contributed by atoms with van der Waals surface area (Å²) in [5.41, 5.74) is 1.91. The van der Waals surface area contributed by atoms with Gasteiger partial charge in [-0.15, -0.1) is 0 Å². The Balaban J connectivity index is 1.64. The van der Waals surface area contributed by atoms with Gasteiger partial charge in [0.25, 0.3) is 0 Å². The number of benzene rings is 1. The molecule has 0 bridgehead atoms. The highest BCUT2D eigenvalue weighted by molar-refractivity contribution is 5.83. The summed E-state index contributed by atoms with van der Waals surface area (Å²) in [5, 5.41) is 3.96. The van der Waals surface area contributed by atoms with Gasteiger partial charge >= 0.3 is 0 Å². The van der Waals surface area contributed by atoms with Gasteiger partial charge in [-0.3, -0.25) is 4.79 Å². The molecule has 0 fully saturated rings. The number of aryl methyl sites for hydroxylation is 2. The van der Waals surface area contributed by atoms with E-state index in [-0.39, 0.29) is 12.5 Å². The van der Waals surface area contributed by atoms with Gasteiger partial charge in [0.2, 0.25) is 11.8 Å². The molecule has 1 aromatic carbocycles. The lowest BCUT2D eigenvalue weighted by molar-refractivity contribution is -0.121. The molecule has 0 saturated carbocycles. The van der Waals surface area contributed by atoms with Crippen LogP contribution in [-0.2, 0) is 17.9 Å². The van der Waals surface area contributed by atoms with Crippen molar-refractivity contribution in [1.82, 2.24) is 14.9 Å². The number of hydrogen-bond acceptors (Lipinski definition) is 3. The minimum atomic E-state index is -0.0649. The molecule has 0 aliphatic rings. The molecule has 0 saturated heterocycles. The lowest BCUT2D eigenvalue weighted by atomic mass is 10.2. The average Bonchev–Trinajstić information content (AvgIpc) is 3.02. The van der Waals surface area contributed by atoms with Gasteiger partial charge < -0.3 is 14.3 Å². The van der Waals surface area contributed by atoms with E-state index in [1.165, 1.54) is 0 Å². The molecule has 0 spiro atoms. The van der Waals surface area contributed by atoms with Crippen molar-refractivity contribution >= 4 is 16.8 Å². The zero-order chi connectivity index (χ0) is 14.8. The van der Waals surface area contributed by atoms with E-state index in [1.54, 1.807) is 0 Å². The number of carbonyl (C=O) groups excluding carboxylic acids is 1. The van der Waals surface area contributed by atoms with Crippen LogP contribution in [0.5, 0.6) is 0 Å². The molecule has 0 unspecified atom stereocenters. The third-order valence-electron chi connectivity index (χ3n) is 3.50. The van der Waals surface area contributed by atoms with Crippen LogP contribution in [0, 0.1) is 13.8 Å². The Morgan fingerprint density at radius 1 is 1.29 bits per heavy atom. The van der Waals surface area contributed by atoms with Gasteiger partial charge in [-0.05, 0) is 31.4 Å². The standard InChI is InChI=1S/C16H17N3O2/c1-11-12(2)21-16(18-11)9-17-15(20)10-19-8-7-13-5-3-4-6-14(13)19/h3-8H,9-10H2,1-2H3,(H,17,20). The fourth-order valence-corrected chi connectivity index (χ4v) is 2.28. The number of fused-ring (bicyclic) bond motifs is 1. The zero-order valence-electron chi connectivity index (χ0n) is 12.1. The molecule has 2 heterocycles. The Morgan fingerprint density at radius 3 is 2.86 bits per heavy atom. The molecule has 21 heavy (non-hydrogen) atoms. The topological polar surface area (TPSA) is 60.1 Å². The van der Waals surface area contributed by atoms with Crippen molar-refractivity contribution in [3.63, 3.8) is 0 Å². The summed E-state index contributed by atoms with van der Waals surface area (Å²) in [5.74, 6) is 1.26. The average molecular weight is 283 g/mol. The summed E-state index contributed by atoms with van der Waals surface area (Å²) in [6, 6.07) is 9.99. The van der Waals surface area contributed by atoms with Gasteiger partial charge in [0.15, 0.2) is 0 Å². The van der Waals surface area contributed by atoms with Gasteiger partial charge in [0.1, 0.15) is 12.3 Å². The highest BCUT2D eigenvalue weighted by Gasteiger charge is 2.09. The summed E-state index contributed by atoms with van der Waals surface area (Å²) in [6.07, 6.45) is 1.92. The van der Waals surface area contributed by atoms with Crippen LogP contribution in [0.3, 0.4) is 0 Å². The van der Waals surface area contributed by atoms with Crippen molar-refractivity contribution < 1.29 is 9.21 Å². The third-order valence-corrected chi connectivity index (χ3v) is 3.50. The maximum absolute atomic E-state index is 12.0. The smallest absolute Gasteiger partial charge is 0.240 e. The summed E-state index contributed by atoms with van der Waals surface area (Å²) < 4.78 is 7.36. The van der Waals surface area contributed by atoms with Crippen molar-refractivity contribution in [1.29, 1.82) is 0 Å². The van der Waals surface area contributed by atoms with Crippen LogP contribution < -0.4 is 5.32 Å². The number of carbonyl (C=O) groups is 1. The molecule has 0 atom stereocenters. The highest BCUT2D eigenvalue weighted by Crippen LogP contribution is 2.14. The van der Waals surface area contributed by atoms with Crippen molar-refractivity contribution in [2.75, 3.05) is 0 Å². The first kappa shape index (κ1) is 13.4. The first-order chi connectivity index (χ1) is 10.1. The second-order valence-corrected chi connectivity index (χ2v) is 5.03. The van der Waals surface area contributed by atoms with Crippen molar-refractivity contribution in [3.8, 4) is 0 Å². The maximum Gasteiger partial charge on any atom is 0.240 e. The Kier molecular flexibility index (Phi) is 3.48. The Hall–Kier alpha value is -2.56. The lowest BCUT2D eigenvalue weighted by Gasteiger charge is -2.05. The van der Waals surface area contributed by atoms with E-state index in [2.05, 4.69) is 10.3 Å². The summed E-state index contributed by atoms with van der Waals surface area (Å²) in [6.45, 7) is 4.34. The van der Waals surface area contributed by atoms with E-state index in [4.69, 9.17) is 4.42 Å². The minimum absolute atomic E-state index is 0.0649. The normalized spacial score (nSPS) is 11.0. The zero-order valence-corrected chi connectivity index (χ0v) is 12.1. The summed E-state index contributed by atoms with van der Waals surface area (Å²) in [4.78, 5) is 16.3. The fourth-order valence-electron chi connectivity index (χ4n) is 2.28. The molecule has 1 N–H and O–H groups in total. The van der Waals surface area contributed by atoms with E-state index in [0.717, 1.165) is 22.4 Å². The van der Waals surface area contributed by atoms with Gasteiger partial charge in [-0.2, -0.15) is 0 Å². The van der Waals surface area contributed by atoms with Crippen LogP contribution in [0.15, 0.2) is 40.9 Å².